The Hall–Kier alpha value is -2.80. The monoisotopic (exact) mass is 373 g/mol. The van der Waals surface area contributed by atoms with Crippen LogP contribution in [0, 0.1) is 6.92 Å². The number of ether oxygens (including phenoxy) is 2. The summed E-state index contributed by atoms with van der Waals surface area (Å²) in [4.78, 5) is 12.6. The summed E-state index contributed by atoms with van der Waals surface area (Å²) in [6.07, 6.45) is 0. The lowest BCUT2D eigenvalue weighted by molar-refractivity contribution is -0.138. The van der Waals surface area contributed by atoms with Crippen molar-refractivity contribution in [3.05, 3.63) is 65.6 Å². The highest BCUT2D eigenvalue weighted by Crippen LogP contribution is 2.41. The Kier molecular flexibility index (Phi) is 4.73. The smallest absolute Gasteiger partial charge is 0.359 e. The van der Waals surface area contributed by atoms with Crippen molar-refractivity contribution in [2.75, 3.05) is 10.9 Å². The molecule has 0 fully saturated rings. The highest BCUT2D eigenvalue weighted by atomic mass is 32.2. The van der Waals surface area contributed by atoms with Gasteiger partial charge in [0.25, 0.3) is 10.0 Å². The molecule has 6 nitrogen and oxygen atoms in total. The molecule has 0 radical (unpaired) electrons. The summed E-state index contributed by atoms with van der Waals surface area (Å²) in [5.41, 5.74) is 1.05. The zero-order valence-corrected chi connectivity index (χ0v) is 15.5. The van der Waals surface area contributed by atoms with E-state index in [-0.39, 0.29) is 28.6 Å². The number of hydrogen-bond acceptors (Lipinski definition) is 5. The molecular weight excluding hydrogens is 354 g/mol. The number of nitrogens with zero attached hydrogens (tertiary/aromatic N) is 1. The molecule has 0 spiro atoms. The predicted octanol–water partition coefficient (Wildman–Crippen LogP) is 3.38. The van der Waals surface area contributed by atoms with E-state index >= 15 is 0 Å². The van der Waals surface area contributed by atoms with E-state index in [9.17, 15) is 13.2 Å². The molecule has 1 aliphatic heterocycles. The van der Waals surface area contributed by atoms with Crippen molar-refractivity contribution in [2.45, 2.75) is 25.7 Å². The van der Waals surface area contributed by atoms with Gasteiger partial charge in [0.15, 0.2) is 11.4 Å². The molecule has 0 bridgehead atoms. The Morgan fingerprint density at radius 1 is 1.08 bits per heavy atom. The fourth-order valence-corrected chi connectivity index (χ4v) is 4.22. The first-order valence-electron chi connectivity index (χ1n) is 8.13. The SMILES string of the molecule is CCOC(=O)C1=C(C)Oc2ccccc2N1S(=O)(=O)c1ccc(C)cc1. The van der Waals surface area contributed by atoms with E-state index in [4.69, 9.17) is 9.47 Å². The van der Waals surface area contributed by atoms with E-state index in [2.05, 4.69) is 0 Å². The number of carbonyl (C=O) groups excluding carboxylic acids is 1. The maximum atomic E-state index is 13.4. The Balaban J connectivity index is 2.22. The fraction of sp³-hybridized carbons (Fsp3) is 0.211. The number of benzene rings is 2. The predicted molar refractivity (Wildman–Crippen MR) is 97.2 cm³/mol. The van der Waals surface area contributed by atoms with E-state index in [1.165, 1.54) is 12.1 Å². The van der Waals surface area contributed by atoms with Crippen LogP contribution in [-0.2, 0) is 19.6 Å². The highest BCUT2D eigenvalue weighted by molar-refractivity contribution is 7.93. The van der Waals surface area contributed by atoms with Crippen molar-refractivity contribution in [1.82, 2.24) is 0 Å². The molecule has 0 unspecified atom stereocenters. The van der Waals surface area contributed by atoms with Crippen molar-refractivity contribution in [3.63, 3.8) is 0 Å². The van der Waals surface area contributed by atoms with Gasteiger partial charge in [0.05, 0.1) is 11.5 Å². The molecule has 0 amide bonds. The Bertz CT molecular complexity index is 977. The molecule has 0 N–H and O–H groups in total. The van der Waals surface area contributed by atoms with Gasteiger partial charge in [-0.05, 0) is 45.0 Å². The van der Waals surface area contributed by atoms with Crippen LogP contribution in [0.25, 0.3) is 0 Å². The number of rotatable bonds is 4. The van der Waals surface area contributed by atoms with Gasteiger partial charge < -0.3 is 9.47 Å². The molecule has 26 heavy (non-hydrogen) atoms. The van der Waals surface area contributed by atoms with Crippen LogP contribution >= 0.6 is 0 Å². The molecule has 2 aromatic carbocycles. The van der Waals surface area contributed by atoms with Gasteiger partial charge in [0, 0.05) is 0 Å². The van der Waals surface area contributed by atoms with E-state index in [1.54, 1.807) is 50.2 Å². The Morgan fingerprint density at radius 2 is 1.73 bits per heavy atom. The summed E-state index contributed by atoms with van der Waals surface area (Å²) in [7, 11) is -4.04. The summed E-state index contributed by atoms with van der Waals surface area (Å²) >= 11 is 0. The third-order valence-corrected chi connectivity index (χ3v) is 5.64. The summed E-state index contributed by atoms with van der Waals surface area (Å²) in [6, 6.07) is 13.1. The molecular formula is C19H19NO5S. The summed E-state index contributed by atoms with van der Waals surface area (Å²) in [5, 5.41) is 0. The van der Waals surface area contributed by atoms with E-state index < -0.39 is 16.0 Å². The number of sulfonamides is 1. The topological polar surface area (TPSA) is 72.9 Å². The minimum absolute atomic E-state index is 0.0781. The first-order valence-corrected chi connectivity index (χ1v) is 9.57. The van der Waals surface area contributed by atoms with Crippen molar-refractivity contribution in [1.29, 1.82) is 0 Å². The first-order chi connectivity index (χ1) is 12.4. The van der Waals surface area contributed by atoms with Crippen LogP contribution in [0.1, 0.15) is 19.4 Å². The van der Waals surface area contributed by atoms with Gasteiger partial charge in [-0.25, -0.2) is 17.5 Å². The van der Waals surface area contributed by atoms with E-state index in [0.717, 1.165) is 9.87 Å². The minimum atomic E-state index is -4.04. The number of hydrogen-bond donors (Lipinski definition) is 0. The lowest BCUT2D eigenvalue weighted by atomic mass is 10.2. The lowest BCUT2D eigenvalue weighted by Gasteiger charge is -2.32. The number of esters is 1. The number of allylic oxidation sites excluding steroid dienone is 1. The van der Waals surface area contributed by atoms with Gasteiger partial charge in [0.2, 0.25) is 0 Å². The summed E-state index contributed by atoms with van der Waals surface area (Å²) < 4.78 is 38.4. The van der Waals surface area contributed by atoms with Gasteiger partial charge in [-0.1, -0.05) is 29.8 Å². The number of carbonyl (C=O) groups is 1. The summed E-state index contributed by atoms with van der Waals surface area (Å²) in [5.74, 6) is -0.234. The highest BCUT2D eigenvalue weighted by Gasteiger charge is 2.39. The zero-order chi connectivity index (χ0) is 18.9. The third kappa shape index (κ3) is 3.06. The second-order valence-corrected chi connectivity index (χ2v) is 7.56. The van der Waals surface area contributed by atoms with Crippen molar-refractivity contribution < 1.29 is 22.7 Å². The first kappa shape index (κ1) is 18.0. The second kappa shape index (κ2) is 6.84. The van der Waals surface area contributed by atoms with Crippen molar-refractivity contribution in [2.24, 2.45) is 0 Å². The van der Waals surface area contributed by atoms with Gasteiger partial charge in [-0.15, -0.1) is 0 Å². The molecule has 136 valence electrons. The number of anilines is 1. The molecule has 2 aromatic rings. The van der Waals surface area contributed by atoms with Crippen LogP contribution in [0.4, 0.5) is 5.69 Å². The molecule has 3 rings (SSSR count). The van der Waals surface area contributed by atoms with E-state index in [0.29, 0.717) is 5.75 Å². The van der Waals surface area contributed by atoms with Crippen LogP contribution in [0.2, 0.25) is 0 Å². The van der Waals surface area contributed by atoms with Crippen LogP contribution in [0.3, 0.4) is 0 Å². The number of aryl methyl sites for hydroxylation is 1. The van der Waals surface area contributed by atoms with Crippen LogP contribution in [-0.4, -0.2) is 21.0 Å². The molecule has 0 atom stereocenters. The van der Waals surface area contributed by atoms with Gasteiger partial charge in [0.1, 0.15) is 11.4 Å². The largest absolute Gasteiger partial charge is 0.461 e. The average molecular weight is 373 g/mol. The van der Waals surface area contributed by atoms with Gasteiger partial charge in [-0.2, -0.15) is 0 Å². The van der Waals surface area contributed by atoms with Gasteiger partial charge in [-0.3, -0.25) is 0 Å². The summed E-state index contributed by atoms with van der Waals surface area (Å²) in [6.45, 7) is 5.19. The molecule has 1 aliphatic rings. The fourth-order valence-electron chi connectivity index (χ4n) is 2.68. The number of para-hydroxylation sites is 2. The second-order valence-electron chi connectivity index (χ2n) is 5.78. The van der Waals surface area contributed by atoms with Crippen molar-refractivity contribution >= 4 is 21.7 Å². The molecule has 0 saturated carbocycles. The van der Waals surface area contributed by atoms with Crippen LogP contribution in [0.15, 0.2) is 64.9 Å². The maximum Gasteiger partial charge on any atom is 0.359 e. The quantitative estimate of drug-likeness (QED) is 0.768. The Morgan fingerprint density at radius 3 is 2.38 bits per heavy atom. The molecule has 0 saturated heterocycles. The standard InChI is InChI=1S/C19H19NO5S/c1-4-24-19(21)18-14(3)25-17-8-6-5-7-16(17)20(18)26(22,23)15-11-9-13(2)10-12-15/h5-12H,4H2,1-3H3. The van der Waals surface area contributed by atoms with Gasteiger partial charge >= 0.3 is 5.97 Å². The zero-order valence-electron chi connectivity index (χ0n) is 14.7. The van der Waals surface area contributed by atoms with Crippen LogP contribution in [0.5, 0.6) is 5.75 Å². The molecule has 1 heterocycles. The normalized spacial score (nSPS) is 13.9. The minimum Gasteiger partial charge on any atom is -0.461 e. The molecule has 0 aromatic heterocycles. The maximum absolute atomic E-state index is 13.4. The lowest BCUT2D eigenvalue weighted by Crippen LogP contribution is -2.38. The third-order valence-electron chi connectivity index (χ3n) is 3.91. The number of fused-ring (bicyclic) bond motifs is 1. The molecule has 0 aliphatic carbocycles. The van der Waals surface area contributed by atoms with Crippen molar-refractivity contribution in [3.8, 4) is 5.75 Å². The molecule has 7 heteroatoms. The average Bonchev–Trinajstić information content (AvgIpc) is 2.61. The van der Waals surface area contributed by atoms with Crippen LogP contribution < -0.4 is 9.04 Å². The van der Waals surface area contributed by atoms with E-state index in [1.807, 2.05) is 6.92 Å². The Labute approximate surface area is 152 Å².